The summed E-state index contributed by atoms with van der Waals surface area (Å²) in [7, 11) is 0. The molecule has 3 heteroatoms. The van der Waals surface area contributed by atoms with Crippen LogP contribution in [0.25, 0.3) is 0 Å². The average molecular weight is 187 g/mol. The van der Waals surface area contributed by atoms with E-state index in [-0.39, 0.29) is 5.54 Å². The summed E-state index contributed by atoms with van der Waals surface area (Å²) in [4.78, 5) is 0. The Hall–Kier alpha value is -0.180. The van der Waals surface area contributed by atoms with Gasteiger partial charge < -0.3 is 5.73 Å². The van der Waals surface area contributed by atoms with E-state index >= 15 is 0 Å². The monoisotopic (exact) mass is 187 g/mol. The maximum Gasteiger partial charge on any atom is 0.253 e. The molecule has 0 amide bonds. The molecular weight excluding hydrogens is 172 g/mol. The highest BCUT2D eigenvalue weighted by Crippen LogP contribution is 2.60. The van der Waals surface area contributed by atoms with Gasteiger partial charge in [0, 0.05) is 17.4 Å². The van der Waals surface area contributed by atoms with Gasteiger partial charge >= 0.3 is 0 Å². The number of nitrogens with two attached hydrogens (primary N) is 1. The molecule has 4 aliphatic carbocycles. The lowest BCUT2D eigenvalue weighted by Crippen LogP contribution is -2.63. The fraction of sp³-hybridized carbons (Fsp3) is 1.00. The minimum Gasteiger partial charge on any atom is -0.325 e. The summed E-state index contributed by atoms with van der Waals surface area (Å²) in [6.07, 6.45) is 3.57. The van der Waals surface area contributed by atoms with E-state index in [1.165, 1.54) is 0 Å². The van der Waals surface area contributed by atoms with E-state index in [1.54, 1.807) is 0 Å². The summed E-state index contributed by atoms with van der Waals surface area (Å²) in [6, 6.07) is 0. The SMILES string of the molecule is NC12CC3C[C@H](C1)C(F)(F)[C@@H](C3)C2. The van der Waals surface area contributed by atoms with Crippen LogP contribution >= 0.6 is 0 Å². The highest BCUT2D eigenvalue weighted by molar-refractivity contribution is 5.10. The summed E-state index contributed by atoms with van der Waals surface area (Å²) in [6.45, 7) is 0. The lowest BCUT2D eigenvalue weighted by Gasteiger charge is -2.58. The molecule has 0 spiro atoms. The van der Waals surface area contributed by atoms with E-state index in [4.69, 9.17) is 5.73 Å². The average Bonchev–Trinajstić information content (AvgIpc) is 1.97. The largest absolute Gasteiger partial charge is 0.325 e. The molecule has 2 unspecified atom stereocenters. The predicted molar refractivity (Wildman–Crippen MR) is 45.4 cm³/mol. The maximum absolute atomic E-state index is 13.6. The lowest BCUT2D eigenvalue weighted by atomic mass is 9.51. The van der Waals surface area contributed by atoms with Crippen LogP contribution in [0.15, 0.2) is 0 Å². The number of hydrogen-bond acceptors (Lipinski definition) is 1. The van der Waals surface area contributed by atoms with Crippen LogP contribution in [-0.4, -0.2) is 11.5 Å². The second-order valence-electron chi connectivity index (χ2n) is 5.38. The van der Waals surface area contributed by atoms with Crippen LogP contribution < -0.4 is 5.73 Å². The third-order valence-corrected chi connectivity index (χ3v) is 4.33. The van der Waals surface area contributed by atoms with Crippen molar-refractivity contribution >= 4 is 0 Å². The predicted octanol–water partition coefficient (Wildman–Crippen LogP) is 2.16. The molecule has 4 rings (SSSR count). The molecule has 1 nitrogen and oxygen atoms in total. The first-order valence-electron chi connectivity index (χ1n) is 5.16. The molecule has 0 heterocycles. The van der Waals surface area contributed by atoms with Crippen molar-refractivity contribution in [2.24, 2.45) is 23.5 Å². The zero-order valence-corrected chi connectivity index (χ0v) is 7.60. The minimum atomic E-state index is -2.40. The normalized spacial score (nSPS) is 57.0. The highest BCUT2D eigenvalue weighted by Gasteiger charge is 2.62. The Morgan fingerprint density at radius 2 is 1.54 bits per heavy atom. The van der Waals surface area contributed by atoms with E-state index < -0.39 is 17.8 Å². The number of alkyl halides is 2. The van der Waals surface area contributed by atoms with Gasteiger partial charge in [0.05, 0.1) is 0 Å². The van der Waals surface area contributed by atoms with Crippen LogP contribution in [0.4, 0.5) is 8.78 Å². The standard InChI is InChI=1S/C10H15F2N/c11-10(12)7-1-6-2-8(10)5-9(13,3-6)4-7/h6-8H,1-5,13H2/t6?,7-,8+,9?. The Morgan fingerprint density at radius 1 is 1.00 bits per heavy atom. The molecule has 0 saturated heterocycles. The summed E-state index contributed by atoms with van der Waals surface area (Å²) in [5.74, 6) is -2.70. The molecule has 13 heavy (non-hydrogen) atoms. The van der Waals surface area contributed by atoms with Gasteiger partial charge in [-0.25, -0.2) is 8.78 Å². The molecule has 0 aromatic carbocycles. The first kappa shape index (κ1) is 8.16. The quantitative estimate of drug-likeness (QED) is 0.618. The summed E-state index contributed by atoms with van der Waals surface area (Å²) in [5, 5.41) is 0. The van der Waals surface area contributed by atoms with Gasteiger partial charge in [0.25, 0.3) is 5.92 Å². The molecule has 4 aliphatic rings. The first-order valence-corrected chi connectivity index (χ1v) is 5.16. The van der Waals surface area contributed by atoms with Crippen molar-refractivity contribution in [3.8, 4) is 0 Å². The van der Waals surface area contributed by atoms with E-state index in [0.717, 1.165) is 19.3 Å². The smallest absolute Gasteiger partial charge is 0.253 e. The second-order valence-corrected chi connectivity index (χ2v) is 5.38. The van der Waals surface area contributed by atoms with E-state index in [2.05, 4.69) is 0 Å². The van der Waals surface area contributed by atoms with Crippen molar-refractivity contribution < 1.29 is 8.78 Å². The van der Waals surface area contributed by atoms with Crippen molar-refractivity contribution in [1.29, 1.82) is 0 Å². The van der Waals surface area contributed by atoms with E-state index in [1.807, 2.05) is 0 Å². The van der Waals surface area contributed by atoms with Crippen molar-refractivity contribution in [1.82, 2.24) is 0 Å². The van der Waals surface area contributed by atoms with Gasteiger partial charge in [0.1, 0.15) is 0 Å². The lowest BCUT2D eigenvalue weighted by molar-refractivity contribution is -0.206. The highest BCUT2D eigenvalue weighted by atomic mass is 19.3. The first-order chi connectivity index (χ1) is 6.00. The van der Waals surface area contributed by atoms with Gasteiger partial charge in [0.2, 0.25) is 0 Å². The summed E-state index contributed by atoms with van der Waals surface area (Å²) in [5.41, 5.74) is 5.88. The molecule has 4 atom stereocenters. The van der Waals surface area contributed by atoms with Crippen molar-refractivity contribution in [3.05, 3.63) is 0 Å². The topological polar surface area (TPSA) is 26.0 Å². The van der Waals surface area contributed by atoms with Crippen LogP contribution in [0.2, 0.25) is 0 Å². The molecule has 0 aromatic heterocycles. The molecule has 2 N–H and O–H groups in total. The van der Waals surface area contributed by atoms with Gasteiger partial charge in [-0.15, -0.1) is 0 Å². The summed E-state index contributed by atoms with van der Waals surface area (Å²) < 4.78 is 27.2. The Labute approximate surface area is 76.7 Å². The Kier molecular flexibility index (Phi) is 1.30. The van der Waals surface area contributed by atoms with Crippen molar-refractivity contribution in [2.45, 2.75) is 43.6 Å². The molecule has 0 aliphatic heterocycles. The van der Waals surface area contributed by atoms with Crippen molar-refractivity contribution in [2.75, 3.05) is 0 Å². The van der Waals surface area contributed by atoms with E-state index in [9.17, 15) is 8.78 Å². The molecule has 4 bridgehead atoms. The fourth-order valence-electron chi connectivity index (χ4n) is 3.96. The molecule has 74 valence electrons. The van der Waals surface area contributed by atoms with Gasteiger partial charge in [0.15, 0.2) is 0 Å². The second kappa shape index (κ2) is 2.08. The van der Waals surface area contributed by atoms with Crippen LogP contribution in [-0.2, 0) is 0 Å². The van der Waals surface area contributed by atoms with Gasteiger partial charge in [-0.2, -0.15) is 0 Å². The maximum atomic E-state index is 13.6. The Morgan fingerprint density at radius 3 is 2.00 bits per heavy atom. The van der Waals surface area contributed by atoms with Crippen LogP contribution in [0, 0.1) is 17.8 Å². The number of hydrogen-bond donors (Lipinski definition) is 1. The van der Waals surface area contributed by atoms with Gasteiger partial charge in [-0.1, -0.05) is 0 Å². The van der Waals surface area contributed by atoms with Crippen LogP contribution in [0.3, 0.4) is 0 Å². The van der Waals surface area contributed by atoms with Crippen molar-refractivity contribution in [3.63, 3.8) is 0 Å². The molecule has 4 saturated carbocycles. The summed E-state index contributed by atoms with van der Waals surface area (Å²) >= 11 is 0. The van der Waals surface area contributed by atoms with Crippen LogP contribution in [0.5, 0.6) is 0 Å². The molecule has 0 radical (unpaired) electrons. The Balaban J connectivity index is 1.99. The van der Waals surface area contributed by atoms with Gasteiger partial charge in [-0.3, -0.25) is 0 Å². The third kappa shape index (κ3) is 0.940. The van der Waals surface area contributed by atoms with Gasteiger partial charge in [-0.05, 0) is 38.0 Å². The number of rotatable bonds is 0. The Bertz CT molecular complexity index is 233. The minimum absolute atomic E-state index is 0.224. The molecule has 4 fully saturated rings. The zero-order valence-electron chi connectivity index (χ0n) is 7.60. The fourth-order valence-corrected chi connectivity index (χ4v) is 3.96. The van der Waals surface area contributed by atoms with Crippen LogP contribution in [0.1, 0.15) is 32.1 Å². The van der Waals surface area contributed by atoms with E-state index in [0.29, 0.717) is 18.8 Å². The molecular formula is C10H15F2N. The zero-order chi connectivity index (χ0) is 9.27. The number of halogens is 2. The molecule has 0 aromatic rings. The third-order valence-electron chi connectivity index (χ3n) is 4.33.